The molecule has 0 bridgehead atoms. The summed E-state index contributed by atoms with van der Waals surface area (Å²) < 4.78 is 38.0. The van der Waals surface area contributed by atoms with E-state index >= 15 is 0 Å². The maximum Gasteiger partial charge on any atom is 0.416 e. The summed E-state index contributed by atoms with van der Waals surface area (Å²) in [4.78, 5) is 0. The standard InChI is InChI=1S/C16H14F3N3OS/c17-16(18,19)13-6-12(7-14(23)8-13)9-21-22-15(20)24-10-11-4-2-1-3-5-11/h1-9,23H,10H2,(H2,20,22). The molecule has 2 aromatic rings. The van der Waals surface area contributed by atoms with Crippen molar-refractivity contribution in [2.24, 2.45) is 15.9 Å². The Bertz CT molecular complexity index is 746. The Balaban J connectivity index is 2.01. The molecule has 0 amide bonds. The zero-order valence-corrected chi connectivity index (χ0v) is 13.2. The van der Waals surface area contributed by atoms with Gasteiger partial charge in [0.1, 0.15) is 5.75 Å². The molecule has 24 heavy (non-hydrogen) atoms. The molecule has 0 radical (unpaired) electrons. The van der Waals surface area contributed by atoms with E-state index in [0.29, 0.717) is 11.8 Å². The minimum absolute atomic E-state index is 0.0759. The molecule has 0 saturated heterocycles. The van der Waals surface area contributed by atoms with Crippen molar-refractivity contribution >= 4 is 23.1 Å². The van der Waals surface area contributed by atoms with Crippen LogP contribution in [0.1, 0.15) is 16.7 Å². The normalized spacial score (nSPS) is 12.7. The van der Waals surface area contributed by atoms with Crippen LogP contribution in [0, 0.1) is 0 Å². The third kappa shape index (κ3) is 5.62. The van der Waals surface area contributed by atoms with Crippen LogP contribution in [0.4, 0.5) is 13.2 Å². The third-order valence-electron chi connectivity index (χ3n) is 2.86. The molecular weight excluding hydrogens is 339 g/mol. The number of hydrogen-bond donors (Lipinski definition) is 2. The Morgan fingerprint density at radius 1 is 1.17 bits per heavy atom. The molecule has 126 valence electrons. The number of hydrogen-bond acceptors (Lipinski definition) is 4. The molecular formula is C16H14F3N3OS. The number of rotatable bonds is 4. The number of aromatic hydroxyl groups is 1. The van der Waals surface area contributed by atoms with Gasteiger partial charge in [0.2, 0.25) is 0 Å². The van der Waals surface area contributed by atoms with Gasteiger partial charge in [-0.3, -0.25) is 0 Å². The smallest absolute Gasteiger partial charge is 0.416 e. The monoisotopic (exact) mass is 353 g/mol. The van der Waals surface area contributed by atoms with E-state index in [1.807, 2.05) is 30.3 Å². The molecule has 4 nitrogen and oxygen atoms in total. The number of phenolic OH excluding ortho intramolecular Hbond substituents is 1. The summed E-state index contributed by atoms with van der Waals surface area (Å²) in [6.45, 7) is 0. The van der Waals surface area contributed by atoms with Gasteiger partial charge >= 0.3 is 6.18 Å². The maximum atomic E-state index is 12.7. The van der Waals surface area contributed by atoms with Gasteiger partial charge in [0.25, 0.3) is 0 Å². The Labute approximate surface area is 140 Å². The number of halogens is 3. The van der Waals surface area contributed by atoms with Crippen molar-refractivity contribution in [2.75, 3.05) is 0 Å². The Morgan fingerprint density at radius 2 is 1.88 bits per heavy atom. The molecule has 0 spiro atoms. The molecule has 0 aliphatic carbocycles. The van der Waals surface area contributed by atoms with E-state index in [2.05, 4.69) is 10.2 Å². The number of amidine groups is 1. The fourth-order valence-corrected chi connectivity index (χ4v) is 2.40. The number of phenols is 1. The third-order valence-corrected chi connectivity index (χ3v) is 3.72. The molecule has 0 saturated carbocycles. The molecule has 0 unspecified atom stereocenters. The minimum atomic E-state index is -4.55. The lowest BCUT2D eigenvalue weighted by Gasteiger charge is -2.07. The van der Waals surface area contributed by atoms with Crippen LogP contribution in [0.15, 0.2) is 58.7 Å². The summed E-state index contributed by atoms with van der Waals surface area (Å²) in [5.74, 6) is 0.109. The maximum absolute atomic E-state index is 12.7. The number of nitrogens with two attached hydrogens (primary N) is 1. The van der Waals surface area contributed by atoms with E-state index in [0.717, 1.165) is 23.9 Å². The van der Waals surface area contributed by atoms with E-state index in [1.165, 1.54) is 11.8 Å². The molecule has 0 atom stereocenters. The van der Waals surface area contributed by atoms with Crippen LogP contribution in [0.2, 0.25) is 0 Å². The summed E-state index contributed by atoms with van der Waals surface area (Å²) in [5, 5.41) is 16.9. The average molecular weight is 353 g/mol. The van der Waals surface area contributed by atoms with E-state index < -0.39 is 17.5 Å². The van der Waals surface area contributed by atoms with Crippen LogP contribution in [0.25, 0.3) is 0 Å². The second-order valence-corrected chi connectivity index (χ2v) is 5.76. The topological polar surface area (TPSA) is 71.0 Å². The van der Waals surface area contributed by atoms with E-state index in [-0.39, 0.29) is 10.7 Å². The van der Waals surface area contributed by atoms with Crippen LogP contribution >= 0.6 is 11.8 Å². The van der Waals surface area contributed by atoms with E-state index in [4.69, 9.17) is 5.73 Å². The summed E-state index contributed by atoms with van der Waals surface area (Å²) >= 11 is 1.26. The van der Waals surface area contributed by atoms with Gasteiger partial charge in [-0.2, -0.15) is 18.3 Å². The summed E-state index contributed by atoms with van der Waals surface area (Å²) in [6, 6.07) is 12.3. The van der Waals surface area contributed by atoms with Gasteiger partial charge in [-0.25, -0.2) is 0 Å². The predicted molar refractivity (Wildman–Crippen MR) is 90.1 cm³/mol. The first-order valence-corrected chi connectivity index (χ1v) is 7.77. The molecule has 0 fully saturated rings. The first-order chi connectivity index (χ1) is 11.3. The highest BCUT2D eigenvalue weighted by Crippen LogP contribution is 2.31. The van der Waals surface area contributed by atoms with Crippen molar-refractivity contribution in [3.05, 3.63) is 65.2 Å². The molecule has 0 aromatic heterocycles. The van der Waals surface area contributed by atoms with Crippen molar-refractivity contribution in [2.45, 2.75) is 11.9 Å². The lowest BCUT2D eigenvalue weighted by atomic mass is 10.1. The number of alkyl halides is 3. The lowest BCUT2D eigenvalue weighted by molar-refractivity contribution is -0.137. The van der Waals surface area contributed by atoms with Gasteiger partial charge in [-0.05, 0) is 29.3 Å². The zero-order valence-electron chi connectivity index (χ0n) is 12.4. The van der Waals surface area contributed by atoms with Gasteiger partial charge < -0.3 is 10.8 Å². The average Bonchev–Trinajstić information content (AvgIpc) is 2.52. The highest BCUT2D eigenvalue weighted by molar-refractivity contribution is 8.13. The van der Waals surface area contributed by atoms with E-state index in [9.17, 15) is 18.3 Å². The van der Waals surface area contributed by atoms with Crippen LogP contribution < -0.4 is 5.73 Å². The predicted octanol–water partition coefficient (Wildman–Crippen LogP) is 3.99. The van der Waals surface area contributed by atoms with Crippen LogP contribution in [0.3, 0.4) is 0 Å². The molecule has 0 aliphatic heterocycles. The first kappa shape index (κ1) is 17.9. The van der Waals surface area contributed by atoms with Crippen molar-refractivity contribution in [1.82, 2.24) is 0 Å². The first-order valence-electron chi connectivity index (χ1n) is 6.79. The fraction of sp³-hybridized carbons (Fsp3) is 0.125. The highest BCUT2D eigenvalue weighted by Gasteiger charge is 2.31. The molecule has 2 aromatic carbocycles. The Morgan fingerprint density at radius 3 is 2.54 bits per heavy atom. The van der Waals surface area contributed by atoms with Gasteiger partial charge in [0.15, 0.2) is 5.17 Å². The van der Waals surface area contributed by atoms with Crippen LogP contribution in [-0.4, -0.2) is 16.5 Å². The lowest BCUT2D eigenvalue weighted by Crippen LogP contribution is -2.06. The van der Waals surface area contributed by atoms with Crippen molar-refractivity contribution in [3.63, 3.8) is 0 Å². The van der Waals surface area contributed by atoms with Gasteiger partial charge in [0, 0.05) is 5.75 Å². The van der Waals surface area contributed by atoms with Gasteiger partial charge in [-0.15, -0.1) is 5.10 Å². The Hall–Kier alpha value is -2.48. The quantitative estimate of drug-likeness (QED) is 0.496. The zero-order chi connectivity index (χ0) is 17.6. The summed E-state index contributed by atoms with van der Waals surface area (Å²) in [5.41, 5.74) is 5.86. The number of benzene rings is 2. The summed E-state index contributed by atoms with van der Waals surface area (Å²) in [7, 11) is 0. The van der Waals surface area contributed by atoms with Crippen LogP contribution in [-0.2, 0) is 11.9 Å². The molecule has 2 rings (SSSR count). The minimum Gasteiger partial charge on any atom is -0.508 e. The summed E-state index contributed by atoms with van der Waals surface area (Å²) in [6.07, 6.45) is -3.44. The SMILES string of the molecule is NC(=NN=Cc1cc(O)cc(C(F)(F)F)c1)SCc1ccccc1. The van der Waals surface area contributed by atoms with Gasteiger partial charge in [0.05, 0.1) is 11.8 Å². The fourth-order valence-electron chi connectivity index (χ4n) is 1.79. The van der Waals surface area contributed by atoms with Crippen LogP contribution in [0.5, 0.6) is 5.75 Å². The molecule has 8 heteroatoms. The largest absolute Gasteiger partial charge is 0.508 e. The number of nitrogens with zero attached hydrogens (tertiary/aromatic N) is 2. The number of thioether (sulfide) groups is 1. The van der Waals surface area contributed by atoms with Crippen molar-refractivity contribution in [1.29, 1.82) is 0 Å². The highest BCUT2D eigenvalue weighted by atomic mass is 32.2. The second-order valence-electron chi connectivity index (χ2n) is 4.77. The van der Waals surface area contributed by atoms with Gasteiger partial charge in [-0.1, -0.05) is 42.1 Å². The van der Waals surface area contributed by atoms with Crippen molar-refractivity contribution in [3.8, 4) is 5.75 Å². The molecule has 0 heterocycles. The van der Waals surface area contributed by atoms with E-state index in [1.54, 1.807) is 0 Å². The molecule has 3 N–H and O–H groups in total. The Kier molecular flexibility index (Phi) is 5.86. The van der Waals surface area contributed by atoms with Crippen molar-refractivity contribution < 1.29 is 18.3 Å². The second kappa shape index (κ2) is 7.87. The molecule has 0 aliphatic rings.